The summed E-state index contributed by atoms with van der Waals surface area (Å²) in [5.74, 6) is -0.670. The average Bonchev–Trinajstić information content (AvgIpc) is 2.82. The summed E-state index contributed by atoms with van der Waals surface area (Å²) in [5.41, 5.74) is -3.05. The van der Waals surface area contributed by atoms with Gasteiger partial charge in [0.1, 0.15) is 10.6 Å². The fourth-order valence-corrected chi connectivity index (χ4v) is 4.26. The van der Waals surface area contributed by atoms with Gasteiger partial charge in [-0.15, -0.1) is 0 Å². The van der Waals surface area contributed by atoms with Gasteiger partial charge in [0.2, 0.25) is 15.3 Å². The first-order chi connectivity index (χ1) is 9.73. The van der Waals surface area contributed by atoms with E-state index in [0.29, 0.717) is 25.9 Å². The smallest absolute Gasteiger partial charge is 0.283 e. The number of rotatable bonds is 4. The zero-order valence-corrected chi connectivity index (χ0v) is 12.7. The van der Waals surface area contributed by atoms with E-state index in [1.807, 2.05) is 11.9 Å². The number of nitrogens with zero attached hydrogens (tertiary/aromatic N) is 3. The predicted octanol–water partition coefficient (Wildman–Crippen LogP) is 1.77. The lowest BCUT2D eigenvalue weighted by Crippen LogP contribution is -2.37. The molecule has 0 spiro atoms. The lowest BCUT2D eigenvalue weighted by molar-refractivity contribution is 0.141. The Morgan fingerprint density at radius 3 is 2.33 bits per heavy atom. The Hall–Kier alpha value is -1.09. The van der Waals surface area contributed by atoms with E-state index in [4.69, 9.17) is 0 Å². The van der Waals surface area contributed by atoms with Gasteiger partial charge in [0.15, 0.2) is 0 Å². The molecule has 1 aromatic heterocycles. The third kappa shape index (κ3) is 3.23. The molecule has 0 N–H and O–H groups in total. The van der Waals surface area contributed by atoms with Gasteiger partial charge in [0.25, 0.3) is 6.43 Å². The Labute approximate surface area is 121 Å². The molecule has 0 aromatic carbocycles. The molecule has 9 heteroatoms. The molecule has 0 aliphatic carbocycles. The molecule has 1 unspecified atom stereocenters. The maximum Gasteiger partial charge on any atom is 0.283 e. The van der Waals surface area contributed by atoms with E-state index in [0.717, 1.165) is 10.9 Å². The molecule has 5 nitrogen and oxygen atoms in total. The molecule has 0 saturated carbocycles. The minimum absolute atomic E-state index is 0.390. The van der Waals surface area contributed by atoms with Gasteiger partial charge in [-0.25, -0.2) is 21.6 Å². The van der Waals surface area contributed by atoms with E-state index < -0.39 is 38.3 Å². The maximum absolute atomic E-state index is 14.4. The Morgan fingerprint density at radius 2 is 1.81 bits per heavy atom. The summed E-state index contributed by atoms with van der Waals surface area (Å²) in [4.78, 5) is 1.27. The van der Waals surface area contributed by atoms with Gasteiger partial charge in [0.05, 0.1) is 0 Å². The van der Waals surface area contributed by atoms with E-state index in [-0.39, 0.29) is 0 Å². The number of halogens is 3. The second-order valence-corrected chi connectivity index (χ2v) is 7.37. The number of alkyl halides is 3. The molecule has 1 atom stereocenters. The lowest BCUT2D eigenvalue weighted by Gasteiger charge is -2.30. The van der Waals surface area contributed by atoms with E-state index in [1.165, 1.54) is 7.05 Å². The van der Waals surface area contributed by atoms with Crippen LogP contribution in [-0.4, -0.2) is 48.7 Å². The molecule has 1 fully saturated rings. The van der Waals surface area contributed by atoms with Crippen molar-refractivity contribution in [2.45, 2.75) is 29.7 Å². The molecule has 21 heavy (non-hydrogen) atoms. The molecule has 0 amide bonds. The second kappa shape index (κ2) is 5.96. The summed E-state index contributed by atoms with van der Waals surface area (Å²) in [5, 5.41) is 3.43. The molecule has 1 aromatic rings. The fraction of sp³-hybridized carbons (Fsp3) is 0.750. The van der Waals surface area contributed by atoms with Gasteiger partial charge < -0.3 is 4.90 Å². The van der Waals surface area contributed by atoms with Crippen molar-refractivity contribution in [3.63, 3.8) is 0 Å². The number of likely N-dealkylation sites (tertiary alicyclic amines) is 1. The van der Waals surface area contributed by atoms with Crippen LogP contribution in [0.1, 0.15) is 25.0 Å². The van der Waals surface area contributed by atoms with Gasteiger partial charge in [-0.3, -0.25) is 4.68 Å². The van der Waals surface area contributed by atoms with Crippen LogP contribution in [-0.2, 0) is 16.9 Å². The predicted molar refractivity (Wildman–Crippen MR) is 70.5 cm³/mol. The quantitative estimate of drug-likeness (QED) is 0.847. The van der Waals surface area contributed by atoms with Crippen LogP contribution in [0, 0.1) is 5.92 Å². The highest BCUT2D eigenvalue weighted by Crippen LogP contribution is 2.33. The number of sulfone groups is 1. The highest BCUT2D eigenvalue weighted by molar-refractivity contribution is 7.92. The molecule has 1 saturated heterocycles. The summed E-state index contributed by atoms with van der Waals surface area (Å²) in [6, 6.07) is 0. The first kappa shape index (κ1) is 16.3. The van der Waals surface area contributed by atoms with Crippen LogP contribution in [0.2, 0.25) is 0 Å². The second-order valence-electron chi connectivity index (χ2n) is 5.39. The molecule has 2 rings (SSSR count). The van der Waals surface area contributed by atoms with Crippen molar-refractivity contribution in [2.75, 3.05) is 20.1 Å². The van der Waals surface area contributed by atoms with Crippen molar-refractivity contribution < 1.29 is 21.6 Å². The topological polar surface area (TPSA) is 55.2 Å². The molecular weight excluding hydrogens is 307 g/mol. The van der Waals surface area contributed by atoms with Crippen LogP contribution in [0.5, 0.6) is 0 Å². The van der Waals surface area contributed by atoms with Crippen molar-refractivity contribution in [1.82, 2.24) is 14.7 Å². The summed E-state index contributed by atoms with van der Waals surface area (Å²) in [7, 11) is -1.26. The largest absolute Gasteiger partial charge is 0.306 e. The van der Waals surface area contributed by atoms with E-state index >= 15 is 0 Å². The van der Waals surface area contributed by atoms with Gasteiger partial charge in [-0.05, 0) is 33.0 Å². The summed E-state index contributed by atoms with van der Waals surface area (Å²) in [6.45, 7) is 1.19. The normalized spacial score (nSPS) is 20.1. The van der Waals surface area contributed by atoms with Crippen molar-refractivity contribution in [3.8, 4) is 0 Å². The first-order valence-corrected chi connectivity index (χ1v) is 8.16. The molecule has 1 aliphatic rings. The van der Waals surface area contributed by atoms with Crippen molar-refractivity contribution in [3.05, 3.63) is 11.9 Å². The fourth-order valence-electron chi connectivity index (χ4n) is 2.52. The van der Waals surface area contributed by atoms with E-state index in [9.17, 15) is 21.6 Å². The van der Waals surface area contributed by atoms with Crippen LogP contribution in [0.15, 0.2) is 11.1 Å². The molecule has 2 heterocycles. The summed E-state index contributed by atoms with van der Waals surface area (Å²) >= 11 is 0. The van der Waals surface area contributed by atoms with Crippen LogP contribution in [0.4, 0.5) is 13.2 Å². The minimum atomic E-state index is -4.46. The minimum Gasteiger partial charge on any atom is -0.306 e. The van der Waals surface area contributed by atoms with Crippen molar-refractivity contribution >= 4 is 9.84 Å². The monoisotopic (exact) mass is 325 g/mol. The summed E-state index contributed by atoms with van der Waals surface area (Å²) < 4.78 is 65.7. The molecular formula is C12H18F3N3O2S. The Balaban J connectivity index is 2.29. The van der Waals surface area contributed by atoms with Crippen LogP contribution in [0.25, 0.3) is 0 Å². The number of aryl methyl sites for hydroxylation is 1. The zero-order chi connectivity index (χ0) is 15.8. The van der Waals surface area contributed by atoms with Gasteiger partial charge >= 0.3 is 0 Å². The first-order valence-electron chi connectivity index (χ1n) is 6.61. The SMILES string of the molecule is CN1CCC(C(F)S(=O)(=O)c2cn(C)nc2C(F)F)CC1. The van der Waals surface area contributed by atoms with Crippen LogP contribution < -0.4 is 0 Å². The number of piperidine rings is 1. The van der Waals surface area contributed by atoms with Gasteiger partial charge in [-0.1, -0.05) is 0 Å². The molecule has 1 aliphatic heterocycles. The Morgan fingerprint density at radius 1 is 1.24 bits per heavy atom. The number of aromatic nitrogens is 2. The highest BCUT2D eigenvalue weighted by Gasteiger charge is 2.39. The van der Waals surface area contributed by atoms with E-state index in [1.54, 1.807) is 0 Å². The van der Waals surface area contributed by atoms with E-state index in [2.05, 4.69) is 5.10 Å². The van der Waals surface area contributed by atoms with Crippen molar-refractivity contribution in [1.29, 1.82) is 0 Å². The number of hydrogen-bond acceptors (Lipinski definition) is 4. The molecule has 120 valence electrons. The molecule has 0 radical (unpaired) electrons. The highest BCUT2D eigenvalue weighted by atomic mass is 32.2. The van der Waals surface area contributed by atoms with Gasteiger partial charge in [-0.2, -0.15) is 5.10 Å². The van der Waals surface area contributed by atoms with Crippen molar-refractivity contribution in [2.24, 2.45) is 13.0 Å². The third-order valence-electron chi connectivity index (χ3n) is 3.77. The Bertz CT molecular complexity index is 595. The maximum atomic E-state index is 14.4. The van der Waals surface area contributed by atoms with Crippen LogP contribution in [0.3, 0.4) is 0 Å². The average molecular weight is 325 g/mol. The van der Waals surface area contributed by atoms with Crippen LogP contribution >= 0.6 is 0 Å². The summed E-state index contributed by atoms with van der Waals surface area (Å²) in [6.07, 6.45) is -1.33. The zero-order valence-electron chi connectivity index (χ0n) is 11.8. The lowest BCUT2D eigenvalue weighted by atomic mass is 9.99. The Kier molecular flexibility index (Phi) is 4.62. The standard InChI is InChI=1S/C12H18F3N3O2S/c1-17-5-3-8(4-6-17)12(15)21(19,20)9-7-18(2)16-10(9)11(13)14/h7-8,11-12H,3-6H2,1-2H3. The van der Waals surface area contributed by atoms with Gasteiger partial charge in [0, 0.05) is 19.2 Å². The molecule has 0 bridgehead atoms. The number of hydrogen-bond donors (Lipinski definition) is 0. The third-order valence-corrected chi connectivity index (χ3v) is 5.67.